The van der Waals surface area contributed by atoms with Gasteiger partial charge in [0.1, 0.15) is 23.6 Å². The Morgan fingerprint density at radius 1 is 1.43 bits per heavy atom. The first kappa shape index (κ1) is 14.0. The van der Waals surface area contributed by atoms with Crippen LogP contribution in [0.25, 0.3) is 0 Å². The molecule has 0 aliphatic rings. The fourth-order valence-corrected chi connectivity index (χ4v) is 1.67. The third kappa shape index (κ3) is 2.93. The number of pyridine rings is 1. The first-order valence-corrected chi connectivity index (χ1v) is 5.73. The Hall–Kier alpha value is -3.47. The zero-order valence-electron chi connectivity index (χ0n) is 10.6. The van der Waals surface area contributed by atoms with E-state index in [0.29, 0.717) is 0 Å². The number of nitrogens with two attached hydrogens (primary N) is 1. The van der Waals surface area contributed by atoms with Gasteiger partial charge in [0.15, 0.2) is 0 Å². The Morgan fingerprint density at radius 2 is 2.14 bits per heavy atom. The largest absolute Gasteiger partial charge is 0.384 e. The number of carbonyl (C=O) groups is 1. The van der Waals surface area contributed by atoms with E-state index in [-0.39, 0.29) is 22.6 Å². The number of para-hydroxylation sites is 1. The molecular formula is C13H9N5O3. The molecule has 0 saturated heterocycles. The fraction of sp³-hybridized carbons (Fsp3) is 0. The van der Waals surface area contributed by atoms with Crippen LogP contribution in [0, 0.1) is 21.4 Å². The summed E-state index contributed by atoms with van der Waals surface area (Å²) in [7, 11) is 0. The number of amides is 1. The summed E-state index contributed by atoms with van der Waals surface area (Å²) in [5.74, 6) is -0.752. The van der Waals surface area contributed by atoms with Gasteiger partial charge in [0.25, 0.3) is 11.6 Å². The van der Waals surface area contributed by atoms with Crippen LogP contribution in [0.2, 0.25) is 0 Å². The average Bonchev–Trinajstić information content (AvgIpc) is 2.47. The number of hydrogen-bond acceptors (Lipinski definition) is 6. The van der Waals surface area contributed by atoms with Crippen molar-refractivity contribution in [2.24, 2.45) is 0 Å². The highest BCUT2D eigenvalue weighted by molar-refractivity contribution is 6.07. The number of rotatable bonds is 3. The van der Waals surface area contributed by atoms with Crippen LogP contribution in [0.3, 0.4) is 0 Å². The maximum absolute atomic E-state index is 12.2. The molecule has 1 aromatic carbocycles. The lowest BCUT2D eigenvalue weighted by Gasteiger charge is -2.07. The molecule has 2 aromatic rings. The highest BCUT2D eigenvalue weighted by Gasteiger charge is 2.21. The van der Waals surface area contributed by atoms with Gasteiger partial charge in [0.05, 0.1) is 16.2 Å². The van der Waals surface area contributed by atoms with E-state index < -0.39 is 16.5 Å². The van der Waals surface area contributed by atoms with Crippen molar-refractivity contribution >= 4 is 23.1 Å². The third-order valence-electron chi connectivity index (χ3n) is 2.64. The monoisotopic (exact) mass is 283 g/mol. The van der Waals surface area contributed by atoms with Gasteiger partial charge in [0, 0.05) is 0 Å². The van der Waals surface area contributed by atoms with Crippen LogP contribution in [0.5, 0.6) is 0 Å². The number of hydrogen-bond donors (Lipinski definition) is 2. The van der Waals surface area contributed by atoms with Crippen LogP contribution in [-0.2, 0) is 0 Å². The smallest absolute Gasteiger partial charge is 0.300 e. The number of carbonyl (C=O) groups excluding carboxylic acids is 1. The molecule has 0 aliphatic heterocycles. The second kappa shape index (κ2) is 5.66. The molecule has 3 N–H and O–H groups in total. The van der Waals surface area contributed by atoms with Crippen molar-refractivity contribution < 1.29 is 9.72 Å². The zero-order valence-corrected chi connectivity index (χ0v) is 10.6. The van der Waals surface area contributed by atoms with Crippen LogP contribution in [-0.4, -0.2) is 15.8 Å². The number of nitro groups is 1. The van der Waals surface area contributed by atoms with Crippen molar-refractivity contribution in [2.45, 2.75) is 0 Å². The minimum absolute atomic E-state index is 0.0145. The molecule has 0 bridgehead atoms. The molecule has 0 spiro atoms. The van der Waals surface area contributed by atoms with Gasteiger partial charge in [0.2, 0.25) is 0 Å². The summed E-state index contributed by atoms with van der Waals surface area (Å²) in [6.07, 6.45) is 0.917. The van der Waals surface area contributed by atoms with Crippen LogP contribution < -0.4 is 11.1 Å². The van der Waals surface area contributed by atoms with E-state index in [1.807, 2.05) is 6.07 Å². The van der Waals surface area contributed by atoms with Crippen LogP contribution in [0.4, 0.5) is 17.2 Å². The quantitative estimate of drug-likeness (QED) is 0.650. The molecule has 8 heteroatoms. The van der Waals surface area contributed by atoms with Crippen LogP contribution >= 0.6 is 0 Å². The molecule has 8 nitrogen and oxygen atoms in total. The van der Waals surface area contributed by atoms with Gasteiger partial charge in [-0.25, -0.2) is 4.98 Å². The standard InChI is InChI=1S/C13H9N5O3/c14-6-8-3-1-2-4-10(8)17-13(19)9-5-12(15)16-7-11(9)18(20)21/h1-5,7H,(H2,15,16)(H,17,19). The molecule has 1 aromatic heterocycles. The summed E-state index contributed by atoms with van der Waals surface area (Å²) < 4.78 is 0. The predicted molar refractivity (Wildman–Crippen MR) is 74.4 cm³/mol. The van der Waals surface area contributed by atoms with E-state index in [1.54, 1.807) is 12.1 Å². The molecule has 2 rings (SSSR count). The van der Waals surface area contributed by atoms with Crippen molar-refractivity contribution in [3.63, 3.8) is 0 Å². The summed E-state index contributed by atoms with van der Waals surface area (Å²) in [6, 6.07) is 9.34. The van der Waals surface area contributed by atoms with E-state index in [4.69, 9.17) is 11.0 Å². The van der Waals surface area contributed by atoms with E-state index >= 15 is 0 Å². The number of nitriles is 1. The Morgan fingerprint density at radius 3 is 2.81 bits per heavy atom. The van der Waals surface area contributed by atoms with E-state index in [2.05, 4.69) is 10.3 Å². The number of anilines is 2. The second-order valence-corrected chi connectivity index (χ2v) is 3.99. The lowest BCUT2D eigenvalue weighted by molar-refractivity contribution is -0.385. The molecule has 21 heavy (non-hydrogen) atoms. The number of nitrogens with zero attached hydrogens (tertiary/aromatic N) is 3. The highest BCUT2D eigenvalue weighted by atomic mass is 16.6. The Labute approximate surface area is 119 Å². The molecule has 0 radical (unpaired) electrons. The average molecular weight is 283 g/mol. The van der Waals surface area contributed by atoms with Gasteiger partial charge in [-0.15, -0.1) is 0 Å². The molecule has 1 amide bonds. The van der Waals surface area contributed by atoms with Gasteiger partial charge >= 0.3 is 0 Å². The third-order valence-corrected chi connectivity index (χ3v) is 2.64. The first-order valence-electron chi connectivity index (χ1n) is 5.73. The Balaban J connectivity index is 2.39. The van der Waals surface area contributed by atoms with E-state index in [0.717, 1.165) is 12.3 Å². The molecule has 0 atom stereocenters. The molecule has 0 saturated carbocycles. The first-order chi connectivity index (χ1) is 10.0. The highest BCUT2D eigenvalue weighted by Crippen LogP contribution is 2.21. The van der Waals surface area contributed by atoms with Gasteiger partial charge in [-0.05, 0) is 18.2 Å². The topological polar surface area (TPSA) is 135 Å². The summed E-state index contributed by atoms with van der Waals surface area (Å²) >= 11 is 0. The van der Waals surface area contributed by atoms with E-state index in [1.165, 1.54) is 12.1 Å². The number of nitrogens with one attached hydrogen (secondary N) is 1. The summed E-state index contributed by atoms with van der Waals surface area (Å²) in [5.41, 5.74) is 5.27. The Bertz CT molecular complexity index is 767. The van der Waals surface area contributed by atoms with Crippen molar-refractivity contribution in [2.75, 3.05) is 11.1 Å². The van der Waals surface area contributed by atoms with Crippen molar-refractivity contribution in [1.29, 1.82) is 5.26 Å². The van der Waals surface area contributed by atoms with Gasteiger partial charge < -0.3 is 11.1 Å². The summed E-state index contributed by atoms with van der Waals surface area (Å²) in [6.45, 7) is 0. The minimum Gasteiger partial charge on any atom is -0.384 e. The van der Waals surface area contributed by atoms with Crippen molar-refractivity contribution in [1.82, 2.24) is 4.98 Å². The Kier molecular flexibility index (Phi) is 3.76. The predicted octanol–water partition coefficient (Wildman–Crippen LogP) is 1.70. The summed E-state index contributed by atoms with van der Waals surface area (Å²) in [4.78, 5) is 25.9. The minimum atomic E-state index is -0.737. The lowest BCUT2D eigenvalue weighted by atomic mass is 10.1. The van der Waals surface area contributed by atoms with Crippen molar-refractivity contribution in [3.8, 4) is 6.07 Å². The molecule has 0 fully saturated rings. The maximum atomic E-state index is 12.2. The molecule has 104 valence electrons. The van der Waals surface area contributed by atoms with Gasteiger partial charge in [-0.1, -0.05) is 12.1 Å². The molecule has 0 aliphatic carbocycles. The van der Waals surface area contributed by atoms with Crippen LogP contribution in [0.1, 0.15) is 15.9 Å². The van der Waals surface area contributed by atoms with Crippen LogP contribution in [0.15, 0.2) is 36.5 Å². The lowest BCUT2D eigenvalue weighted by Crippen LogP contribution is -2.15. The number of nitrogen functional groups attached to an aromatic ring is 1. The second-order valence-electron chi connectivity index (χ2n) is 3.99. The molecule has 1 heterocycles. The van der Waals surface area contributed by atoms with Gasteiger partial charge in [-0.3, -0.25) is 14.9 Å². The number of benzene rings is 1. The SMILES string of the molecule is N#Cc1ccccc1NC(=O)c1cc(N)ncc1[N+](=O)[O-]. The fourth-order valence-electron chi connectivity index (χ4n) is 1.67. The van der Waals surface area contributed by atoms with E-state index in [9.17, 15) is 14.9 Å². The molecule has 0 unspecified atom stereocenters. The summed E-state index contributed by atoms with van der Waals surface area (Å²) in [5, 5.41) is 22.3. The normalized spacial score (nSPS) is 9.67. The number of aromatic nitrogens is 1. The van der Waals surface area contributed by atoms with Gasteiger partial charge in [-0.2, -0.15) is 5.26 Å². The maximum Gasteiger partial charge on any atom is 0.300 e. The molecular weight excluding hydrogens is 274 g/mol. The van der Waals surface area contributed by atoms with Crippen molar-refractivity contribution in [3.05, 3.63) is 57.8 Å². The zero-order chi connectivity index (χ0) is 15.4.